The summed E-state index contributed by atoms with van der Waals surface area (Å²) in [4.78, 5) is 12.0. The third-order valence-electron chi connectivity index (χ3n) is 3.24. The van der Waals surface area contributed by atoms with E-state index in [1.165, 1.54) is 6.07 Å². The average Bonchev–Trinajstić information content (AvgIpc) is 2.49. The lowest BCUT2D eigenvalue weighted by atomic mass is 10.1. The molecule has 20 heavy (non-hydrogen) atoms. The van der Waals surface area contributed by atoms with Crippen LogP contribution in [0.4, 0.5) is 0 Å². The van der Waals surface area contributed by atoms with Crippen LogP contribution >= 0.6 is 0 Å². The molecule has 2 rings (SSSR count). The Morgan fingerprint density at radius 2 is 1.95 bits per heavy atom. The highest BCUT2D eigenvalue weighted by atomic mass is 16.7. The molecule has 0 saturated heterocycles. The number of ether oxygens (including phenoxy) is 2. The van der Waals surface area contributed by atoms with Crippen molar-refractivity contribution >= 4 is 10.9 Å². The summed E-state index contributed by atoms with van der Waals surface area (Å²) in [6, 6.07) is 10.7. The second kappa shape index (κ2) is 6.33. The molecule has 5 nitrogen and oxygen atoms in total. The third-order valence-corrected chi connectivity index (χ3v) is 3.24. The van der Waals surface area contributed by atoms with Crippen molar-refractivity contribution in [3.8, 4) is 6.07 Å². The first-order valence-corrected chi connectivity index (χ1v) is 6.29. The minimum Gasteiger partial charge on any atom is -0.356 e. The SMILES string of the molecule is COC(CCn1c(=O)ccc2ccc(C#N)cc21)OC. The first-order chi connectivity index (χ1) is 9.69. The molecule has 1 aromatic carbocycles. The van der Waals surface area contributed by atoms with Crippen LogP contribution in [0.25, 0.3) is 10.9 Å². The molecule has 0 atom stereocenters. The van der Waals surface area contributed by atoms with Crippen molar-refractivity contribution < 1.29 is 9.47 Å². The summed E-state index contributed by atoms with van der Waals surface area (Å²) >= 11 is 0. The number of aromatic nitrogens is 1. The van der Waals surface area contributed by atoms with E-state index in [-0.39, 0.29) is 11.8 Å². The van der Waals surface area contributed by atoms with Gasteiger partial charge in [0.25, 0.3) is 5.56 Å². The second-order valence-electron chi connectivity index (χ2n) is 4.40. The van der Waals surface area contributed by atoms with Crippen molar-refractivity contribution in [2.24, 2.45) is 0 Å². The topological polar surface area (TPSA) is 64.2 Å². The van der Waals surface area contributed by atoms with E-state index in [0.717, 1.165) is 10.9 Å². The Bertz CT molecular complexity index is 696. The number of pyridine rings is 1. The van der Waals surface area contributed by atoms with E-state index < -0.39 is 0 Å². The van der Waals surface area contributed by atoms with Crippen LogP contribution in [-0.2, 0) is 16.0 Å². The van der Waals surface area contributed by atoms with Gasteiger partial charge >= 0.3 is 0 Å². The van der Waals surface area contributed by atoms with Crippen LogP contribution in [0.5, 0.6) is 0 Å². The molecule has 1 aromatic heterocycles. The maximum absolute atomic E-state index is 12.0. The van der Waals surface area contributed by atoms with Crippen LogP contribution in [0.2, 0.25) is 0 Å². The lowest BCUT2D eigenvalue weighted by molar-refractivity contribution is -0.107. The van der Waals surface area contributed by atoms with Gasteiger partial charge in [0.15, 0.2) is 6.29 Å². The number of benzene rings is 1. The van der Waals surface area contributed by atoms with E-state index in [1.807, 2.05) is 6.07 Å². The molecule has 0 unspecified atom stereocenters. The van der Waals surface area contributed by atoms with Crippen LogP contribution in [0.3, 0.4) is 0 Å². The highest BCUT2D eigenvalue weighted by Crippen LogP contribution is 2.15. The normalized spacial score (nSPS) is 10.9. The molecule has 0 fully saturated rings. The fourth-order valence-electron chi connectivity index (χ4n) is 2.15. The zero-order chi connectivity index (χ0) is 14.5. The van der Waals surface area contributed by atoms with E-state index in [1.54, 1.807) is 37.0 Å². The van der Waals surface area contributed by atoms with Gasteiger partial charge in [-0.05, 0) is 23.6 Å². The van der Waals surface area contributed by atoms with Gasteiger partial charge in [0, 0.05) is 33.3 Å². The Balaban J connectivity index is 2.42. The number of hydrogen-bond donors (Lipinski definition) is 0. The number of methoxy groups -OCH3 is 2. The molecule has 2 aromatic rings. The Morgan fingerprint density at radius 1 is 1.25 bits per heavy atom. The van der Waals surface area contributed by atoms with Gasteiger partial charge in [-0.25, -0.2) is 0 Å². The van der Waals surface area contributed by atoms with Crippen molar-refractivity contribution in [3.63, 3.8) is 0 Å². The highest BCUT2D eigenvalue weighted by Gasteiger charge is 2.09. The number of nitrogens with zero attached hydrogens (tertiary/aromatic N) is 2. The Kier molecular flexibility index (Phi) is 4.51. The van der Waals surface area contributed by atoms with E-state index in [2.05, 4.69) is 6.07 Å². The predicted octanol–water partition coefficient (Wildman–Crippen LogP) is 1.88. The molecule has 0 radical (unpaired) electrons. The Labute approximate surface area is 117 Å². The molecular weight excluding hydrogens is 256 g/mol. The Morgan fingerprint density at radius 3 is 2.60 bits per heavy atom. The minimum absolute atomic E-state index is 0.0986. The molecule has 1 heterocycles. The van der Waals surface area contributed by atoms with Crippen LogP contribution in [0, 0.1) is 11.3 Å². The fraction of sp³-hybridized carbons (Fsp3) is 0.333. The van der Waals surface area contributed by atoms with Crippen molar-refractivity contribution in [3.05, 3.63) is 46.2 Å². The molecular formula is C15H16N2O3. The summed E-state index contributed by atoms with van der Waals surface area (Å²) in [6.45, 7) is 0.470. The number of fused-ring (bicyclic) bond motifs is 1. The van der Waals surface area contributed by atoms with Gasteiger partial charge in [0.05, 0.1) is 17.1 Å². The molecule has 0 spiro atoms. The zero-order valence-electron chi connectivity index (χ0n) is 11.5. The second-order valence-corrected chi connectivity index (χ2v) is 4.40. The standard InChI is InChI=1S/C15H16N2O3/c1-19-15(20-2)7-8-17-13-9-11(10-16)3-4-12(13)5-6-14(17)18/h3-6,9,15H,7-8H2,1-2H3. The van der Waals surface area contributed by atoms with Gasteiger partial charge in [-0.15, -0.1) is 0 Å². The van der Waals surface area contributed by atoms with Gasteiger partial charge < -0.3 is 14.0 Å². The molecule has 0 aliphatic carbocycles. The van der Waals surface area contributed by atoms with E-state index in [9.17, 15) is 4.79 Å². The van der Waals surface area contributed by atoms with Crippen LogP contribution in [0.15, 0.2) is 35.1 Å². The first kappa shape index (κ1) is 14.3. The molecule has 0 N–H and O–H groups in total. The van der Waals surface area contributed by atoms with Crippen LogP contribution in [0.1, 0.15) is 12.0 Å². The smallest absolute Gasteiger partial charge is 0.251 e. The monoisotopic (exact) mass is 272 g/mol. The van der Waals surface area contributed by atoms with Crippen molar-refractivity contribution in [2.75, 3.05) is 14.2 Å². The van der Waals surface area contributed by atoms with Crippen molar-refractivity contribution in [2.45, 2.75) is 19.3 Å². The van der Waals surface area contributed by atoms with Crippen molar-refractivity contribution in [1.82, 2.24) is 4.57 Å². The maximum atomic E-state index is 12.0. The number of aryl methyl sites for hydroxylation is 1. The average molecular weight is 272 g/mol. The number of hydrogen-bond acceptors (Lipinski definition) is 4. The third kappa shape index (κ3) is 2.87. The van der Waals surface area contributed by atoms with Gasteiger partial charge in [0.1, 0.15) is 0 Å². The first-order valence-electron chi connectivity index (χ1n) is 6.29. The summed E-state index contributed by atoms with van der Waals surface area (Å²) in [6.07, 6.45) is 0.208. The van der Waals surface area contributed by atoms with E-state index in [0.29, 0.717) is 18.5 Å². The van der Waals surface area contributed by atoms with Gasteiger partial charge in [0.2, 0.25) is 0 Å². The minimum atomic E-state index is -0.351. The molecule has 0 amide bonds. The summed E-state index contributed by atoms with van der Waals surface area (Å²) in [5.74, 6) is 0. The van der Waals surface area contributed by atoms with E-state index >= 15 is 0 Å². The largest absolute Gasteiger partial charge is 0.356 e. The van der Waals surface area contributed by atoms with Gasteiger partial charge in [-0.3, -0.25) is 4.79 Å². The molecule has 5 heteroatoms. The summed E-state index contributed by atoms with van der Waals surface area (Å²) < 4.78 is 11.9. The highest BCUT2D eigenvalue weighted by molar-refractivity contribution is 5.80. The summed E-state index contributed by atoms with van der Waals surface area (Å²) in [7, 11) is 3.13. The van der Waals surface area contributed by atoms with Gasteiger partial charge in [-0.2, -0.15) is 5.26 Å². The van der Waals surface area contributed by atoms with Gasteiger partial charge in [-0.1, -0.05) is 6.07 Å². The predicted molar refractivity (Wildman–Crippen MR) is 75.3 cm³/mol. The lowest BCUT2D eigenvalue weighted by Crippen LogP contribution is -2.23. The fourth-order valence-corrected chi connectivity index (χ4v) is 2.15. The molecule has 0 aliphatic heterocycles. The summed E-state index contributed by atoms with van der Waals surface area (Å²) in [5, 5.41) is 9.90. The Hall–Kier alpha value is -2.16. The lowest BCUT2D eigenvalue weighted by Gasteiger charge is -2.15. The van der Waals surface area contributed by atoms with Crippen LogP contribution in [-0.4, -0.2) is 25.1 Å². The zero-order valence-corrected chi connectivity index (χ0v) is 11.5. The number of rotatable bonds is 5. The van der Waals surface area contributed by atoms with Crippen LogP contribution < -0.4 is 5.56 Å². The molecule has 0 bridgehead atoms. The number of nitriles is 1. The molecule has 104 valence electrons. The van der Waals surface area contributed by atoms with Crippen molar-refractivity contribution in [1.29, 1.82) is 5.26 Å². The van der Waals surface area contributed by atoms with E-state index in [4.69, 9.17) is 14.7 Å². The quantitative estimate of drug-likeness (QED) is 0.780. The summed E-state index contributed by atoms with van der Waals surface area (Å²) in [5.41, 5.74) is 1.19. The maximum Gasteiger partial charge on any atom is 0.251 e. The molecule has 0 saturated carbocycles. The molecule has 0 aliphatic rings.